The smallest absolute Gasteiger partial charge is 0.226 e. The summed E-state index contributed by atoms with van der Waals surface area (Å²) >= 11 is 6.36. The van der Waals surface area contributed by atoms with Crippen molar-refractivity contribution in [3.8, 4) is 5.75 Å². The molecule has 0 spiro atoms. The van der Waals surface area contributed by atoms with Crippen molar-refractivity contribution in [3.63, 3.8) is 0 Å². The standard InChI is InChI=1S/C24H18ClN5O/c1-14-4-6-15(7-5-14)23-20-21(18-11-17(25)8-9-19(18)31-23)29-24-27-13-28-30(24)22(20)16-3-2-10-26-12-16/h2-13,22-23H,1H3,(H,27,28,29)/t22-,23+/m1/s1. The van der Waals surface area contributed by atoms with E-state index in [1.54, 1.807) is 12.5 Å². The van der Waals surface area contributed by atoms with Gasteiger partial charge in [0.15, 0.2) is 0 Å². The largest absolute Gasteiger partial charge is 0.480 e. The Morgan fingerprint density at radius 2 is 1.94 bits per heavy atom. The van der Waals surface area contributed by atoms with Crippen molar-refractivity contribution < 1.29 is 4.74 Å². The molecule has 7 heteroatoms. The zero-order valence-electron chi connectivity index (χ0n) is 16.7. The molecule has 4 heterocycles. The molecular weight excluding hydrogens is 410 g/mol. The van der Waals surface area contributed by atoms with Gasteiger partial charge in [-0.3, -0.25) is 4.98 Å². The molecule has 4 aromatic rings. The summed E-state index contributed by atoms with van der Waals surface area (Å²) in [7, 11) is 0. The summed E-state index contributed by atoms with van der Waals surface area (Å²) in [6, 6.07) is 17.9. The highest BCUT2D eigenvalue weighted by atomic mass is 35.5. The molecule has 6 nitrogen and oxygen atoms in total. The van der Waals surface area contributed by atoms with Crippen molar-refractivity contribution in [2.45, 2.75) is 19.1 Å². The van der Waals surface area contributed by atoms with Gasteiger partial charge >= 0.3 is 0 Å². The molecular formula is C24H18ClN5O. The molecule has 0 aliphatic carbocycles. The van der Waals surface area contributed by atoms with Crippen molar-refractivity contribution in [3.05, 3.63) is 106 Å². The molecule has 0 fully saturated rings. The predicted octanol–water partition coefficient (Wildman–Crippen LogP) is 5.19. The monoisotopic (exact) mass is 427 g/mol. The number of nitrogens with one attached hydrogen (secondary N) is 1. The number of hydrogen-bond acceptors (Lipinski definition) is 5. The number of hydrogen-bond donors (Lipinski definition) is 1. The van der Waals surface area contributed by atoms with E-state index >= 15 is 0 Å². The van der Waals surface area contributed by atoms with E-state index in [2.05, 4.69) is 57.6 Å². The minimum absolute atomic E-state index is 0.221. The van der Waals surface area contributed by atoms with Crippen LogP contribution in [0.4, 0.5) is 5.95 Å². The number of ether oxygens (including phenoxy) is 1. The van der Waals surface area contributed by atoms with Crippen molar-refractivity contribution in [2.24, 2.45) is 0 Å². The first-order valence-corrected chi connectivity index (χ1v) is 10.4. The number of benzene rings is 2. The lowest BCUT2D eigenvalue weighted by molar-refractivity contribution is 0.223. The number of fused-ring (bicyclic) bond motifs is 3. The first-order valence-electron chi connectivity index (χ1n) is 10.0. The van der Waals surface area contributed by atoms with Gasteiger partial charge in [0.05, 0.1) is 5.70 Å². The maximum atomic E-state index is 6.59. The van der Waals surface area contributed by atoms with Crippen LogP contribution in [0.1, 0.15) is 34.4 Å². The summed E-state index contributed by atoms with van der Waals surface area (Å²) < 4.78 is 8.47. The zero-order valence-corrected chi connectivity index (χ0v) is 17.4. The van der Waals surface area contributed by atoms with Crippen molar-refractivity contribution in [1.29, 1.82) is 0 Å². The van der Waals surface area contributed by atoms with E-state index in [0.29, 0.717) is 11.0 Å². The highest BCUT2D eigenvalue weighted by Crippen LogP contribution is 2.50. The van der Waals surface area contributed by atoms with E-state index in [1.807, 2.05) is 35.1 Å². The topological polar surface area (TPSA) is 64.9 Å². The molecule has 0 saturated heterocycles. The van der Waals surface area contributed by atoms with E-state index in [0.717, 1.165) is 33.7 Å². The molecule has 2 aliphatic rings. The lowest BCUT2D eigenvalue weighted by Gasteiger charge is -2.38. The van der Waals surface area contributed by atoms with Gasteiger partial charge in [0.25, 0.3) is 0 Å². The Balaban J connectivity index is 1.64. The Bertz CT molecular complexity index is 1310. The fourth-order valence-corrected chi connectivity index (χ4v) is 4.49. The first-order chi connectivity index (χ1) is 15.2. The van der Waals surface area contributed by atoms with Crippen LogP contribution in [0.25, 0.3) is 5.70 Å². The van der Waals surface area contributed by atoms with Crippen molar-refractivity contribution in [1.82, 2.24) is 19.7 Å². The maximum absolute atomic E-state index is 6.59. The third-order valence-corrected chi connectivity index (χ3v) is 5.99. The summed E-state index contributed by atoms with van der Waals surface area (Å²) in [5, 5.41) is 8.65. The SMILES string of the molecule is Cc1ccc([C@@H]2Oc3ccc(Cl)cc3C3=C2[C@@H](c2cccnc2)n2ncnc2N3)cc1. The molecule has 2 aromatic heterocycles. The Morgan fingerprint density at radius 3 is 2.74 bits per heavy atom. The number of pyridine rings is 1. The normalized spacial score (nSPS) is 19.0. The Morgan fingerprint density at radius 1 is 1.06 bits per heavy atom. The number of aromatic nitrogens is 4. The third-order valence-electron chi connectivity index (χ3n) is 5.76. The highest BCUT2D eigenvalue weighted by Gasteiger charge is 2.41. The average molecular weight is 428 g/mol. The molecule has 31 heavy (non-hydrogen) atoms. The van der Waals surface area contributed by atoms with Crippen LogP contribution in [0.15, 0.2) is 78.9 Å². The van der Waals surface area contributed by atoms with Crippen LogP contribution < -0.4 is 10.1 Å². The van der Waals surface area contributed by atoms with E-state index in [-0.39, 0.29) is 12.1 Å². The van der Waals surface area contributed by atoms with E-state index < -0.39 is 0 Å². The van der Waals surface area contributed by atoms with Crippen LogP contribution in [-0.2, 0) is 0 Å². The van der Waals surface area contributed by atoms with Gasteiger partial charge in [-0.15, -0.1) is 0 Å². The lowest BCUT2D eigenvalue weighted by Crippen LogP contribution is -2.32. The van der Waals surface area contributed by atoms with Crippen LogP contribution in [0.3, 0.4) is 0 Å². The minimum Gasteiger partial charge on any atom is -0.480 e. The van der Waals surface area contributed by atoms with Gasteiger partial charge in [0.1, 0.15) is 24.2 Å². The molecule has 2 aliphatic heterocycles. The molecule has 1 N–H and O–H groups in total. The second kappa shape index (κ2) is 6.96. The number of rotatable bonds is 2. The molecule has 0 bridgehead atoms. The van der Waals surface area contributed by atoms with Crippen LogP contribution >= 0.6 is 11.6 Å². The van der Waals surface area contributed by atoms with Crippen LogP contribution in [0.5, 0.6) is 5.75 Å². The molecule has 6 rings (SSSR count). The molecule has 0 amide bonds. The fraction of sp³-hybridized carbons (Fsp3) is 0.125. The number of anilines is 1. The second-order valence-corrected chi connectivity index (χ2v) is 8.16. The van der Waals surface area contributed by atoms with Crippen molar-refractivity contribution >= 4 is 23.2 Å². The Hall–Kier alpha value is -3.64. The lowest BCUT2D eigenvalue weighted by atomic mass is 9.85. The van der Waals surface area contributed by atoms with Gasteiger partial charge < -0.3 is 10.1 Å². The number of aryl methyl sites for hydroxylation is 1. The van der Waals surface area contributed by atoms with Gasteiger partial charge in [0.2, 0.25) is 5.95 Å². The summed E-state index contributed by atoms with van der Waals surface area (Å²) in [5.74, 6) is 1.45. The summed E-state index contributed by atoms with van der Waals surface area (Å²) in [6.07, 6.45) is 4.89. The first kappa shape index (κ1) is 18.2. The highest BCUT2D eigenvalue weighted by molar-refractivity contribution is 6.30. The Labute approximate surface area is 184 Å². The van der Waals surface area contributed by atoms with E-state index in [1.165, 1.54) is 5.56 Å². The molecule has 2 aromatic carbocycles. The summed E-state index contributed by atoms with van der Waals surface area (Å²) in [4.78, 5) is 8.80. The van der Waals surface area contributed by atoms with Gasteiger partial charge in [-0.25, -0.2) is 4.68 Å². The maximum Gasteiger partial charge on any atom is 0.226 e. The number of nitrogens with zero attached hydrogens (tertiary/aromatic N) is 4. The average Bonchev–Trinajstić information content (AvgIpc) is 3.27. The molecule has 2 atom stereocenters. The second-order valence-electron chi connectivity index (χ2n) is 7.72. The molecule has 152 valence electrons. The predicted molar refractivity (Wildman–Crippen MR) is 119 cm³/mol. The minimum atomic E-state index is -0.306. The molecule has 0 saturated carbocycles. The summed E-state index contributed by atoms with van der Waals surface area (Å²) in [6.45, 7) is 2.08. The van der Waals surface area contributed by atoms with Gasteiger partial charge in [0, 0.05) is 28.6 Å². The quantitative estimate of drug-likeness (QED) is 0.476. The van der Waals surface area contributed by atoms with E-state index in [9.17, 15) is 0 Å². The van der Waals surface area contributed by atoms with Crippen LogP contribution in [0.2, 0.25) is 5.02 Å². The van der Waals surface area contributed by atoms with Crippen LogP contribution in [0, 0.1) is 6.92 Å². The van der Waals surface area contributed by atoms with Crippen molar-refractivity contribution in [2.75, 3.05) is 5.32 Å². The molecule has 0 radical (unpaired) electrons. The molecule has 0 unspecified atom stereocenters. The van der Waals surface area contributed by atoms with Crippen LogP contribution in [-0.4, -0.2) is 19.7 Å². The number of halogens is 1. The van der Waals surface area contributed by atoms with E-state index in [4.69, 9.17) is 16.3 Å². The fourth-order valence-electron chi connectivity index (χ4n) is 4.32. The van der Waals surface area contributed by atoms with Gasteiger partial charge in [-0.1, -0.05) is 47.5 Å². The van der Waals surface area contributed by atoms with Gasteiger partial charge in [-0.2, -0.15) is 10.1 Å². The Kier molecular flexibility index (Phi) is 4.07. The third kappa shape index (κ3) is 2.91. The zero-order chi connectivity index (χ0) is 20.9. The van der Waals surface area contributed by atoms with Gasteiger partial charge in [-0.05, 0) is 42.3 Å². The summed E-state index contributed by atoms with van der Waals surface area (Å²) in [5.41, 5.74) is 6.18.